The van der Waals surface area contributed by atoms with Crippen molar-refractivity contribution in [3.05, 3.63) is 0 Å². The van der Waals surface area contributed by atoms with Crippen LogP contribution in [0.3, 0.4) is 0 Å². The zero-order valence-corrected chi connectivity index (χ0v) is 15.8. The average Bonchev–Trinajstić information content (AvgIpc) is 2.92. The minimum atomic E-state index is 0.0612. The molecule has 3 aliphatic rings. The van der Waals surface area contributed by atoms with Crippen molar-refractivity contribution in [1.82, 2.24) is 5.32 Å². The maximum Gasteiger partial charge on any atom is 0.222 e. The molecule has 3 rings (SSSR count). The van der Waals surface area contributed by atoms with E-state index >= 15 is 0 Å². The summed E-state index contributed by atoms with van der Waals surface area (Å²) in [7, 11) is 0. The molecule has 1 unspecified atom stereocenters. The normalized spacial score (nSPS) is 41.4. The molecule has 0 aromatic heterocycles. The summed E-state index contributed by atoms with van der Waals surface area (Å²) < 4.78 is 6.21. The van der Waals surface area contributed by atoms with Gasteiger partial charge in [0.2, 0.25) is 5.91 Å². The number of rotatable bonds is 4. The third-order valence-corrected chi connectivity index (χ3v) is 7.14. The van der Waals surface area contributed by atoms with E-state index in [1.807, 2.05) is 13.8 Å². The van der Waals surface area contributed by atoms with Gasteiger partial charge in [0.05, 0.1) is 6.10 Å². The summed E-state index contributed by atoms with van der Waals surface area (Å²) in [5.74, 6) is 2.31. The second-order valence-electron chi connectivity index (χ2n) is 9.68. The highest BCUT2D eigenvalue weighted by molar-refractivity contribution is 5.78. The van der Waals surface area contributed by atoms with Crippen molar-refractivity contribution < 1.29 is 9.53 Å². The molecule has 1 saturated heterocycles. The van der Waals surface area contributed by atoms with E-state index in [0.29, 0.717) is 24.0 Å². The molecule has 3 nitrogen and oxygen atoms in total. The Kier molecular flexibility index (Phi) is 4.32. The van der Waals surface area contributed by atoms with Crippen LogP contribution in [0.2, 0.25) is 0 Å². The summed E-state index contributed by atoms with van der Waals surface area (Å²) in [6.07, 6.45) is 5.24. The predicted octanol–water partition coefficient (Wildman–Crippen LogP) is 4.01. The lowest BCUT2D eigenvalue weighted by Gasteiger charge is -2.53. The molecule has 5 atom stereocenters. The van der Waals surface area contributed by atoms with Crippen molar-refractivity contribution in [2.24, 2.45) is 34.5 Å². The topological polar surface area (TPSA) is 38.3 Å². The Labute approximate surface area is 141 Å². The van der Waals surface area contributed by atoms with E-state index in [1.165, 1.54) is 12.8 Å². The van der Waals surface area contributed by atoms with Crippen molar-refractivity contribution in [2.45, 2.75) is 79.4 Å². The van der Waals surface area contributed by atoms with Gasteiger partial charge in [-0.05, 0) is 54.3 Å². The number of carbonyl (C=O) groups excluding carboxylic acids is 1. The second-order valence-corrected chi connectivity index (χ2v) is 9.68. The van der Waals surface area contributed by atoms with Crippen LogP contribution in [0.1, 0.15) is 67.2 Å². The molecule has 1 amide bonds. The molecule has 0 aromatic rings. The fourth-order valence-corrected chi connectivity index (χ4v) is 5.92. The predicted molar refractivity (Wildman–Crippen MR) is 93.0 cm³/mol. The summed E-state index contributed by atoms with van der Waals surface area (Å²) in [4.78, 5) is 12.5. The average molecular weight is 322 g/mol. The largest absolute Gasteiger partial charge is 0.378 e. The summed E-state index contributed by atoms with van der Waals surface area (Å²) in [6.45, 7) is 14.2. The molecule has 3 fully saturated rings. The Morgan fingerprint density at radius 2 is 1.96 bits per heavy atom. The fraction of sp³-hybridized carbons (Fsp3) is 0.950. The van der Waals surface area contributed by atoms with Crippen LogP contribution in [0.15, 0.2) is 0 Å². The Hall–Kier alpha value is -0.570. The molecule has 132 valence electrons. The zero-order chi connectivity index (χ0) is 17.0. The molecule has 2 saturated carbocycles. The smallest absolute Gasteiger partial charge is 0.222 e. The fourth-order valence-electron chi connectivity index (χ4n) is 5.92. The van der Waals surface area contributed by atoms with Crippen LogP contribution >= 0.6 is 0 Å². The van der Waals surface area contributed by atoms with Gasteiger partial charge < -0.3 is 10.1 Å². The van der Waals surface area contributed by atoms with Crippen LogP contribution in [0.4, 0.5) is 0 Å². The van der Waals surface area contributed by atoms with Gasteiger partial charge in [-0.15, -0.1) is 0 Å². The summed E-state index contributed by atoms with van der Waals surface area (Å²) in [5, 5.41) is 3.47. The molecule has 0 aromatic carbocycles. The number of hydrogen-bond donors (Lipinski definition) is 1. The molecule has 1 spiro atoms. The Bertz CT molecular complexity index is 470. The lowest BCUT2D eigenvalue weighted by Crippen LogP contribution is -2.60. The third-order valence-electron chi connectivity index (χ3n) is 7.14. The van der Waals surface area contributed by atoms with Gasteiger partial charge in [-0.25, -0.2) is 0 Å². The van der Waals surface area contributed by atoms with Gasteiger partial charge in [-0.1, -0.05) is 41.5 Å². The second kappa shape index (κ2) is 5.75. The van der Waals surface area contributed by atoms with E-state index < -0.39 is 0 Å². The SMILES string of the molecule is CC(C)C[C@H]1OCCC23C[C@@H](C[C@H]12)C(C)(C)[C@@H]3NC(=O)C(C)C. The van der Waals surface area contributed by atoms with Crippen molar-refractivity contribution >= 4 is 5.91 Å². The van der Waals surface area contributed by atoms with Crippen LogP contribution in [0, 0.1) is 34.5 Å². The molecule has 2 aliphatic carbocycles. The van der Waals surface area contributed by atoms with E-state index in [-0.39, 0.29) is 22.7 Å². The number of ether oxygens (including phenoxy) is 1. The first-order valence-electron chi connectivity index (χ1n) is 9.60. The van der Waals surface area contributed by atoms with Crippen LogP contribution in [-0.2, 0) is 9.53 Å². The minimum Gasteiger partial charge on any atom is -0.378 e. The van der Waals surface area contributed by atoms with Gasteiger partial charge in [-0.3, -0.25) is 4.79 Å². The van der Waals surface area contributed by atoms with Crippen LogP contribution in [0.25, 0.3) is 0 Å². The van der Waals surface area contributed by atoms with Crippen LogP contribution in [0.5, 0.6) is 0 Å². The summed E-state index contributed by atoms with van der Waals surface area (Å²) in [6, 6.07) is 0.312. The maximum absolute atomic E-state index is 12.5. The van der Waals surface area contributed by atoms with Gasteiger partial charge in [0.15, 0.2) is 0 Å². The highest BCUT2D eigenvalue weighted by atomic mass is 16.5. The van der Waals surface area contributed by atoms with Crippen molar-refractivity contribution in [2.75, 3.05) is 6.61 Å². The number of fused-ring (bicyclic) bond motifs is 1. The molecular weight excluding hydrogens is 286 g/mol. The first kappa shape index (κ1) is 17.3. The molecule has 1 heterocycles. The van der Waals surface area contributed by atoms with Gasteiger partial charge in [0, 0.05) is 18.6 Å². The van der Waals surface area contributed by atoms with Crippen LogP contribution in [-0.4, -0.2) is 24.7 Å². The van der Waals surface area contributed by atoms with E-state index in [2.05, 4.69) is 33.0 Å². The highest BCUT2D eigenvalue weighted by Gasteiger charge is 2.68. The first-order chi connectivity index (χ1) is 10.7. The van der Waals surface area contributed by atoms with E-state index in [9.17, 15) is 4.79 Å². The zero-order valence-electron chi connectivity index (χ0n) is 15.8. The number of hydrogen-bond acceptors (Lipinski definition) is 2. The molecule has 1 aliphatic heterocycles. The highest BCUT2D eigenvalue weighted by Crippen LogP contribution is 2.68. The summed E-state index contributed by atoms with van der Waals surface area (Å²) in [5.41, 5.74) is 0.483. The minimum absolute atomic E-state index is 0.0612. The van der Waals surface area contributed by atoms with E-state index in [1.54, 1.807) is 0 Å². The molecule has 23 heavy (non-hydrogen) atoms. The molecule has 0 radical (unpaired) electrons. The van der Waals surface area contributed by atoms with Crippen molar-refractivity contribution in [3.8, 4) is 0 Å². The molecule has 3 heteroatoms. The van der Waals surface area contributed by atoms with Gasteiger partial charge in [0.1, 0.15) is 0 Å². The Balaban J connectivity index is 1.88. The Morgan fingerprint density at radius 3 is 2.57 bits per heavy atom. The van der Waals surface area contributed by atoms with E-state index in [4.69, 9.17) is 4.74 Å². The monoisotopic (exact) mass is 321 g/mol. The quantitative estimate of drug-likeness (QED) is 0.849. The molecule has 1 N–H and O–H groups in total. The number of nitrogens with one attached hydrogen (secondary N) is 1. The van der Waals surface area contributed by atoms with Gasteiger partial charge >= 0.3 is 0 Å². The third kappa shape index (κ3) is 2.63. The maximum atomic E-state index is 12.5. The lowest BCUT2D eigenvalue weighted by molar-refractivity contribution is -0.140. The van der Waals surface area contributed by atoms with Crippen molar-refractivity contribution in [3.63, 3.8) is 0 Å². The number of amides is 1. The van der Waals surface area contributed by atoms with Crippen LogP contribution < -0.4 is 5.32 Å². The molecular formula is C20H35NO2. The van der Waals surface area contributed by atoms with Gasteiger partial charge in [0.25, 0.3) is 0 Å². The molecule has 2 bridgehead atoms. The van der Waals surface area contributed by atoms with E-state index in [0.717, 1.165) is 25.4 Å². The van der Waals surface area contributed by atoms with Crippen molar-refractivity contribution in [1.29, 1.82) is 0 Å². The Morgan fingerprint density at radius 1 is 1.26 bits per heavy atom. The lowest BCUT2D eigenvalue weighted by atomic mass is 9.59. The summed E-state index contributed by atoms with van der Waals surface area (Å²) >= 11 is 0. The van der Waals surface area contributed by atoms with Gasteiger partial charge in [-0.2, -0.15) is 0 Å². The number of carbonyl (C=O) groups is 1. The first-order valence-corrected chi connectivity index (χ1v) is 9.60. The standard InChI is InChI=1S/C20H35NO2/c1-12(2)9-16-15-10-14-11-20(15,7-8-23-16)18(19(14,5)6)21-17(22)13(3)4/h12-16,18H,7-11H2,1-6H3,(H,21,22)/t14-,15-,16-,18+,20?/m1/s1.